The number of aliphatic hydroxyl groups is 3. The van der Waals surface area contributed by atoms with Crippen molar-refractivity contribution in [2.75, 3.05) is 14.1 Å². The molecule has 6 N–H and O–H groups in total. The first-order chi connectivity index (χ1) is 19.0. The molecule has 0 fully saturated rings. The van der Waals surface area contributed by atoms with Crippen LogP contribution in [0.2, 0.25) is 0 Å². The minimum atomic E-state index is -4.86. The number of alkyl halides is 3. The van der Waals surface area contributed by atoms with Crippen molar-refractivity contribution in [3.8, 4) is 5.75 Å². The van der Waals surface area contributed by atoms with E-state index in [1.165, 1.54) is 19.0 Å². The van der Waals surface area contributed by atoms with Gasteiger partial charge in [0.1, 0.15) is 22.8 Å². The molecule has 1 aromatic rings. The molecule has 13 heteroatoms. The second kappa shape index (κ2) is 9.30. The smallest absolute Gasteiger partial charge is 0.417 e. The zero-order valence-electron chi connectivity index (χ0n) is 23.0. The third-order valence-electron chi connectivity index (χ3n) is 9.33. The van der Waals surface area contributed by atoms with Gasteiger partial charge in [-0.2, -0.15) is 13.2 Å². The molecular weight excluding hydrogens is 547 g/mol. The standard InChI is InChI=1S/C28H32F3N3O7/c1-5-10(2)34-8-13-14(9-34)21(35)17-12(19(13)28(29,30)31)6-11-7-15-20(33(3)4)23(37)18(26(32)40)25(39)27(15,41)24(38)16(11)22(17)36/h10-11,15,20,35,37-38,41H,5-9H2,1-4H3,(H2,32,40)/t10-,11+,15+,20+,27+/m1/s1. The van der Waals surface area contributed by atoms with E-state index < -0.39 is 98.7 Å². The Morgan fingerprint density at radius 1 is 1.15 bits per heavy atom. The van der Waals surface area contributed by atoms with Gasteiger partial charge in [-0.25, -0.2) is 0 Å². The number of primary amides is 1. The lowest BCUT2D eigenvalue weighted by atomic mass is 9.58. The SMILES string of the molecule is CC[C@@H](C)N1Cc2c(O)c3c(c(C(F)(F)F)c2C1)C[C@H]1C[C@H]2[C@H](N(C)C)C(O)=C(C(N)=O)C(=O)[C@@]2(O)C(O)=C1C3=O. The van der Waals surface area contributed by atoms with Crippen LogP contribution in [0.1, 0.15) is 59.3 Å². The number of ketones is 2. The molecule has 5 atom stereocenters. The molecule has 10 nitrogen and oxygen atoms in total. The van der Waals surface area contributed by atoms with Gasteiger partial charge < -0.3 is 26.2 Å². The summed E-state index contributed by atoms with van der Waals surface area (Å²) in [6.07, 6.45) is -4.93. The zero-order chi connectivity index (χ0) is 30.5. The monoisotopic (exact) mass is 579 g/mol. The Morgan fingerprint density at radius 3 is 2.29 bits per heavy atom. The topological polar surface area (TPSA) is 165 Å². The largest absolute Gasteiger partial charge is 0.510 e. The average molecular weight is 580 g/mol. The summed E-state index contributed by atoms with van der Waals surface area (Å²) in [7, 11) is 2.94. The predicted molar refractivity (Wildman–Crippen MR) is 138 cm³/mol. The highest BCUT2D eigenvalue weighted by Gasteiger charge is 2.63. The summed E-state index contributed by atoms with van der Waals surface area (Å²) in [4.78, 5) is 42.5. The van der Waals surface area contributed by atoms with Crippen LogP contribution in [-0.2, 0) is 35.3 Å². The Bertz CT molecular complexity index is 1460. The summed E-state index contributed by atoms with van der Waals surface area (Å²) in [5.74, 6) is -8.82. The van der Waals surface area contributed by atoms with Crippen LogP contribution in [0.4, 0.5) is 13.2 Å². The molecule has 41 heavy (non-hydrogen) atoms. The second-order valence-corrected chi connectivity index (χ2v) is 11.7. The van der Waals surface area contributed by atoms with Crippen molar-refractivity contribution >= 4 is 17.5 Å². The summed E-state index contributed by atoms with van der Waals surface area (Å²) in [6, 6.07) is -1.34. The highest BCUT2D eigenvalue weighted by molar-refractivity contribution is 6.24. The van der Waals surface area contributed by atoms with Crippen LogP contribution in [0, 0.1) is 11.8 Å². The van der Waals surface area contributed by atoms with Gasteiger partial charge in [0, 0.05) is 36.2 Å². The van der Waals surface area contributed by atoms with E-state index in [1.807, 2.05) is 13.8 Å². The van der Waals surface area contributed by atoms with E-state index in [2.05, 4.69) is 0 Å². The molecule has 0 bridgehead atoms. The molecule has 0 spiro atoms. The highest BCUT2D eigenvalue weighted by atomic mass is 19.4. The molecule has 5 rings (SSSR count). The number of hydrogen-bond acceptors (Lipinski definition) is 9. The molecule has 1 amide bonds. The van der Waals surface area contributed by atoms with Crippen molar-refractivity contribution in [3.63, 3.8) is 0 Å². The number of likely N-dealkylation sites (N-methyl/N-ethyl adjacent to an activating group) is 1. The number of hydrogen-bond donors (Lipinski definition) is 5. The number of benzene rings is 1. The quantitative estimate of drug-likeness (QED) is 0.337. The molecule has 1 aliphatic heterocycles. The molecular formula is C28H32F3N3O7. The van der Waals surface area contributed by atoms with Gasteiger partial charge in [-0.3, -0.25) is 24.2 Å². The highest BCUT2D eigenvalue weighted by Crippen LogP contribution is 2.55. The minimum absolute atomic E-state index is 0.0185. The number of aliphatic hydroxyl groups excluding tert-OH is 2. The molecule has 0 radical (unpaired) electrons. The summed E-state index contributed by atoms with van der Waals surface area (Å²) in [5, 5.41) is 45.1. The van der Waals surface area contributed by atoms with Crippen LogP contribution in [0.3, 0.4) is 0 Å². The van der Waals surface area contributed by atoms with Crippen LogP contribution in [0.5, 0.6) is 5.75 Å². The molecule has 3 aliphatic carbocycles. The van der Waals surface area contributed by atoms with Gasteiger partial charge in [0.05, 0.1) is 17.2 Å². The lowest BCUT2D eigenvalue weighted by Gasteiger charge is -2.50. The number of allylic oxidation sites excluding steroid dienone is 1. The first-order valence-corrected chi connectivity index (χ1v) is 13.3. The Kier molecular flexibility index (Phi) is 6.59. The van der Waals surface area contributed by atoms with Crippen LogP contribution >= 0.6 is 0 Å². The Balaban J connectivity index is 1.75. The maximum Gasteiger partial charge on any atom is 0.417 e. The van der Waals surface area contributed by atoms with Crippen molar-refractivity contribution in [2.24, 2.45) is 17.6 Å². The predicted octanol–water partition coefficient (Wildman–Crippen LogP) is 2.25. The summed E-state index contributed by atoms with van der Waals surface area (Å²) < 4.78 is 44.0. The van der Waals surface area contributed by atoms with Crippen molar-refractivity contribution in [1.82, 2.24) is 9.80 Å². The van der Waals surface area contributed by atoms with Gasteiger partial charge in [0.15, 0.2) is 11.4 Å². The van der Waals surface area contributed by atoms with Crippen molar-refractivity contribution in [3.05, 3.63) is 50.5 Å². The van der Waals surface area contributed by atoms with Crippen molar-refractivity contribution in [2.45, 2.75) is 70.1 Å². The van der Waals surface area contributed by atoms with Gasteiger partial charge in [0.25, 0.3) is 5.91 Å². The molecule has 222 valence electrons. The maximum atomic E-state index is 14.7. The average Bonchev–Trinajstić information content (AvgIpc) is 3.29. The molecule has 1 heterocycles. The molecule has 4 aliphatic rings. The van der Waals surface area contributed by atoms with E-state index in [-0.39, 0.29) is 36.7 Å². The number of amides is 1. The fourth-order valence-electron chi connectivity index (χ4n) is 7.21. The summed E-state index contributed by atoms with van der Waals surface area (Å²) in [6.45, 7) is 3.65. The van der Waals surface area contributed by atoms with Crippen LogP contribution in [0.15, 0.2) is 22.7 Å². The number of phenolic OH excluding ortho intramolecular Hbond substituents is 1. The van der Waals surface area contributed by atoms with Gasteiger partial charge in [-0.05, 0) is 57.3 Å². The number of rotatable bonds is 4. The van der Waals surface area contributed by atoms with Gasteiger partial charge >= 0.3 is 6.18 Å². The number of halogens is 3. The number of carbonyl (C=O) groups excluding carboxylic acids is 3. The molecule has 0 saturated carbocycles. The summed E-state index contributed by atoms with van der Waals surface area (Å²) >= 11 is 0. The van der Waals surface area contributed by atoms with E-state index in [4.69, 9.17) is 5.73 Å². The Hall–Kier alpha value is -3.42. The summed E-state index contributed by atoms with van der Waals surface area (Å²) in [5.41, 5.74) is -1.15. The van der Waals surface area contributed by atoms with Crippen LogP contribution in [0.25, 0.3) is 0 Å². The zero-order valence-corrected chi connectivity index (χ0v) is 23.0. The first kappa shape index (κ1) is 29.1. The third kappa shape index (κ3) is 3.85. The lowest BCUT2D eigenvalue weighted by Crippen LogP contribution is -2.63. The third-order valence-corrected chi connectivity index (χ3v) is 9.33. The second-order valence-electron chi connectivity index (χ2n) is 11.7. The van der Waals surface area contributed by atoms with E-state index in [0.29, 0.717) is 6.42 Å². The van der Waals surface area contributed by atoms with E-state index in [0.717, 1.165) is 0 Å². The van der Waals surface area contributed by atoms with Crippen molar-refractivity contribution < 1.29 is 48.0 Å². The first-order valence-electron chi connectivity index (χ1n) is 13.3. The van der Waals surface area contributed by atoms with Crippen LogP contribution < -0.4 is 5.73 Å². The fraction of sp³-hybridized carbons (Fsp3) is 0.536. The Morgan fingerprint density at radius 2 is 1.76 bits per heavy atom. The minimum Gasteiger partial charge on any atom is -0.510 e. The number of Topliss-reactive ketones (excluding diaryl/α,β-unsaturated/α-hetero) is 2. The molecule has 0 unspecified atom stereocenters. The van der Waals surface area contributed by atoms with E-state index in [1.54, 1.807) is 4.90 Å². The van der Waals surface area contributed by atoms with Gasteiger partial charge in [0.2, 0.25) is 5.78 Å². The number of carbonyl (C=O) groups is 3. The van der Waals surface area contributed by atoms with Gasteiger partial charge in [-0.1, -0.05) is 6.92 Å². The number of aromatic hydroxyl groups is 1. The van der Waals surface area contributed by atoms with E-state index >= 15 is 0 Å². The Labute approximate surface area is 233 Å². The van der Waals surface area contributed by atoms with Crippen molar-refractivity contribution in [1.29, 1.82) is 0 Å². The maximum absolute atomic E-state index is 14.7. The lowest BCUT2D eigenvalue weighted by molar-refractivity contribution is -0.148. The number of fused-ring (bicyclic) bond motifs is 4. The number of phenols is 1. The van der Waals surface area contributed by atoms with Crippen LogP contribution in [-0.4, -0.2) is 79.5 Å². The fourth-order valence-corrected chi connectivity index (χ4v) is 7.21. The van der Waals surface area contributed by atoms with Gasteiger partial charge in [-0.15, -0.1) is 0 Å². The molecule has 0 saturated heterocycles. The normalized spacial score (nSPS) is 29.0. The molecule has 0 aromatic heterocycles. The molecule has 1 aromatic carbocycles. The van der Waals surface area contributed by atoms with E-state index in [9.17, 15) is 48.0 Å². The number of nitrogens with two attached hydrogens (primary N) is 1. The number of nitrogens with zero attached hydrogens (tertiary/aromatic N) is 2.